The number of hydrogen-bond donors (Lipinski definition) is 0. The van der Waals surface area contributed by atoms with Crippen LogP contribution in [0.1, 0.15) is 48.7 Å². The summed E-state index contributed by atoms with van der Waals surface area (Å²) in [5.41, 5.74) is 2.27. The van der Waals surface area contributed by atoms with E-state index in [2.05, 4.69) is 22.3 Å². The largest absolute Gasteiger partial charge is 0.483 e. The SMILES string of the molecule is O=C(COc1ccccc1Cc1ccccc1)N1CCCCCC1c1ncon1. The van der Waals surface area contributed by atoms with Crippen molar-refractivity contribution in [1.29, 1.82) is 0 Å². The summed E-state index contributed by atoms with van der Waals surface area (Å²) < 4.78 is 10.9. The minimum atomic E-state index is -0.146. The number of aromatic nitrogens is 2. The molecule has 2 aromatic carbocycles. The average molecular weight is 391 g/mol. The summed E-state index contributed by atoms with van der Waals surface area (Å²) in [6.45, 7) is 0.688. The molecule has 0 spiro atoms. The quantitative estimate of drug-likeness (QED) is 0.630. The molecule has 3 aromatic rings. The van der Waals surface area contributed by atoms with Crippen LogP contribution in [0.15, 0.2) is 65.5 Å². The van der Waals surface area contributed by atoms with Crippen LogP contribution in [0.5, 0.6) is 5.75 Å². The van der Waals surface area contributed by atoms with Crippen LogP contribution in [0, 0.1) is 0 Å². The first-order chi connectivity index (χ1) is 14.3. The lowest BCUT2D eigenvalue weighted by Crippen LogP contribution is -2.38. The molecule has 1 aliphatic heterocycles. The first-order valence-electron chi connectivity index (χ1n) is 10.1. The molecule has 2 heterocycles. The average Bonchev–Trinajstić information content (AvgIpc) is 3.18. The molecule has 1 aromatic heterocycles. The van der Waals surface area contributed by atoms with Crippen LogP contribution in [0.2, 0.25) is 0 Å². The molecule has 0 N–H and O–H groups in total. The summed E-state index contributed by atoms with van der Waals surface area (Å²) >= 11 is 0. The van der Waals surface area contributed by atoms with Gasteiger partial charge in [0.2, 0.25) is 6.39 Å². The first kappa shape index (κ1) is 19.2. The lowest BCUT2D eigenvalue weighted by atomic mass is 10.0. The van der Waals surface area contributed by atoms with Gasteiger partial charge in [-0.15, -0.1) is 0 Å². The van der Waals surface area contributed by atoms with Crippen molar-refractivity contribution in [1.82, 2.24) is 15.0 Å². The van der Waals surface area contributed by atoms with E-state index in [0.717, 1.165) is 43.4 Å². The number of carbonyl (C=O) groups excluding carboxylic acids is 1. The Labute approximate surface area is 170 Å². The van der Waals surface area contributed by atoms with Gasteiger partial charge in [-0.05, 0) is 30.0 Å². The fraction of sp³-hybridized carbons (Fsp3) is 0.348. The number of nitrogens with zero attached hydrogens (tertiary/aromatic N) is 3. The maximum Gasteiger partial charge on any atom is 0.261 e. The fourth-order valence-electron chi connectivity index (χ4n) is 3.83. The molecular formula is C23H25N3O3. The number of carbonyl (C=O) groups is 1. The van der Waals surface area contributed by atoms with Gasteiger partial charge >= 0.3 is 0 Å². The molecule has 1 saturated heterocycles. The van der Waals surface area contributed by atoms with E-state index < -0.39 is 0 Å². The van der Waals surface area contributed by atoms with Gasteiger partial charge in [0.25, 0.3) is 5.91 Å². The Morgan fingerprint density at radius 2 is 1.90 bits per heavy atom. The Bertz CT molecular complexity index is 912. The van der Waals surface area contributed by atoms with Crippen LogP contribution >= 0.6 is 0 Å². The molecule has 1 unspecified atom stereocenters. The minimum absolute atomic E-state index is 0.000153. The van der Waals surface area contributed by atoms with Gasteiger partial charge in [-0.1, -0.05) is 66.5 Å². The van der Waals surface area contributed by atoms with Crippen molar-refractivity contribution in [3.8, 4) is 5.75 Å². The van der Waals surface area contributed by atoms with Crippen LogP contribution in [0.4, 0.5) is 0 Å². The molecular weight excluding hydrogens is 366 g/mol. The van der Waals surface area contributed by atoms with Gasteiger partial charge in [-0.2, -0.15) is 4.98 Å². The lowest BCUT2D eigenvalue weighted by Gasteiger charge is -2.28. The molecule has 0 radical (unpaired) electrons. The third-order valence-electron chi connectivity index (χ3n) is 5.31. The molecule has 0 aliphatic carbocycles. The van der Waals surface area contributed by atoms with Crippen molar-refractivity contribution in [2.75, 3.05) is 13.2 Å². The second-order valence-electron chi connectivity index (χ2n) is 7.30. The van der Waals surface area contributed by atoms with E-state index >= 15 is 0 Å². The van der Waals surface area contributed by atoms with Gasteiger partial charge in [-0.3, -0.25) is 4.79 Å². The maximum absolute atomic E-state index is 13.0. The summed E-state index contributed by atoms with van der Waals surface area (Å²) in [6, 6.07) is 18.0. The van der Waals surface area contributed by atoms with E-state index in [9.17, 15) is 4.79 Å². The van der Waals surface area contributed by atoms with Gasteiger partial charge in [0.15, 0.2) is 12.4 Å². The van der Waals surface area contributed by atoms with Crippen LogP contribution in [0.25, 0.3) is 0 Å². The third kappa shape index (κ3) is 4.83. The molecule has 1 aliphatic rings. The van der Waals surface area contributed by atoms with E-state index in [1.54, 1.807) is 0 Å². The number of amides is 1. The molecule has 0 saturated carbocycles. The van der Waals surface area contributed by atoms with E-state index in [-0.39, 0.29) is 18.6 Å². The summed E-state index contributed by atoms with van der Waals surface area (Å²) in [5, 5.41) is 3.97. The van der Waals surface area contributed by atoms with Gasteiger partial charge in [-0.25, -0.2) is 0 Å². The molecule has 150 valence electrons. The summed E-state index contributed by atoms with van der Waals surface area (Å²) in [6.07, 6.45) is 6.04. The maximum atomic E-state index is 13.0. The highest BCUT2D eigenvalue weighted by Gasteiger charge is 2.29. The molecule has 29 heavy (non-hydrogen) atoms. The van der Waals surface area contributed by atoms with Crippen molar-refractivity contribution >= 4 is 5.91 Å². The molecule has 1 fully saturated rings. The normalized spacial score (nSPS) is 17.0. The topological polar surface area (TPSA) is 68.5 Å². The minimum Gasteiger partial charge on any atom is -0.483 e. The summed E-state index contributed by atoms with van der Waals surface area (Å²) in [5.74, 6) is 1.27. The van der Waals surface area contributed by atoms with Crippen LogP contribution in [0.3, 0.4) is 0 Å². The van der Waals surface area contributed by atoms with Gasteiger partial charge < -0.3 is 14.2 Å². The van der Waals surface area contributed by atoms with Crippen molar-refractivity contribution in [2.24, 2.45) is 0 Å². The molecule has 1 amide bonds. The van der Waals surface area contributed by atoms with E-state index in [4.69, 9.17) is 9.26 Å². The van der Waals surface area contributed by atoms with Crippen molar-refractivity contribution in [3.05, 3.63) is 77.9 Å². The van der Waals surface area contributed by atoms with E-state index in [1.165, 1.54) is 12.0 Å². The van der Waals surface area contributed by atoms with Gasteiger partial charge in [0.1, 0.15) is 5.75 Å². The van der Waals surface area contributed by atoms with Crippen molar-refractivity contribution in [3.63, 3.8) is 0 Å². The molecule has 4 rings (SSSR count). The predicted octanol–water partition coefficient (Wildman–Crippen LogP) is 4.18. The van der Waals surface area contributed by atoms with E-state index in [0.29, 0.717) is 12.4 Å². The second kappa shape index (κ2) is 9.37. The summed E-state index contributed by atoms with van der Waals surface area (Å²) in [4.78, 5) is 19.0. The summed E-state index contributed by atoms with van der Waals surface area (Å²) in [7, 11) is 0. The van der Waals surface area contributed by atoms with Crippen molar-refractivity contribution < 1.29 is 14.1 Å². The number of rotatable bonds is 6. The Morgan fingerprint density at radius 3 is 2.72 bits per heavy atom. The highest BCUT2D eigenvalue weighted by molar-refractivity contribution is 5.78. The van der Waals surface area contributed by atoms with Crippen molar-refractivity contribution in [2.45, 2.75) is 38.1 Å². The number of benzene rings is 2. The Hall–Kier alpha value is -3.15. The Kier molecular flexibility index (Phi) is 6.19. The third-order valence-corrected chi connectivity index (χ3v) is 5.31. The van der Waals surface area contributed by atoms with Crippen LogP contribution in [-0.2, 0) is 11.2 Å². The molecule has 6 nitrogen and oxygen atoms in total. The first-order valence-corrected chi connectivity index (χ1v) is 10.1. The monoisotopic (exact) mass is 391 g/mol. The van der Waals surface area contributed by atoms with Gasteiger partial charge in [0.05, 0.1) is 6.04 Å². The molecule has 1 atom stereocenters. The standard InChI is InChI=1S/C23H25N3O3/c27-22(26-14-8-2-5-12-20(26)23-24-17-29-25-23)16-28-21-13-7-6-11-19(21)15-18-9-3-1-4-10-18/h1,3-4,6-7,9-11,13,17,20H,2,5,8,12,14-16H2. The number of likely N-dealkylation sites (tertiary alicyclic amines) is 1. The number of ether oxygens (including phenoxy) is 1. The molecule has 0 bridgehead atoms. The fourth-order valence-corrected chi connectivity index (χ4v) is 3.83. The molecule has 6 heteroatoms. The number of hydrogen-bond acceptors (Lipinski definition) is 5. The second-order valence-corrected chi connectivity index (χ2v) is 7.30. The van der Waals surface area contributed by atoms with Gasteiger partial charge in [0, 0.05) is 13.0 Å². The van der Waals surface area contributed by atoms with Crippen LogP contribution in [-0.4, -0.2) is 34.1 Å². The number of para-hydroxylation sites is 1. The highest BCUT2D eigenvalue weighted by atomic mass is 16.5. The zero-order valence-electron chi connectivity index (χ0n) is 16.4. The van der Waals surface area contributed by atoms with E-state index in [1.807, 2.05) is 47.4 Å². The lowest BCUT2D eigenvalue weighted by molar-refractivity contribution is -0.136. The zero-order valence-corrected chi connectivity index (χ0v) is 16.4. The zero-order chi connectivity index (χ0) is 19.9. The smallest absolute Gasteiger partial charge is 0.261 e. The predicted molar refractivity (Wildman–Crippen MR) is 108 cm³/mol. The highest BCUT2D eigenvalue weighted by Crippen LogP contribution is 2.28. The Morgan fingerprint density at radius 1 is 1.07 bits per heavy atom. The Balaban J connectivity index is 1.45. The van der Waals surface area contributed by atoms with Crippen LogP contribution < -0.4 is 4.74 Å².